The van der Waals surface area contributed by atoms with Gasteiger partial charge in [-0.2, -0.15) is 11.3 Å². The molecule has 0 spiro atoms. The maximum absolute atomic E-state index is 5.49. The fraction of sp³-hybridized carbons (Fsp3) is 0.0556. The van der Waals surface area contributed by atoms with E-state index in [2.05, 4.69) is 38.9 Å². The molecule has 0 aliphatic carbocycles. The van der Waals surface area contributed by atoms with E-state index in [4.69, 9.17) is 4.74 Å². The Kier molecular flexibility index (Phi) is 3.16. The summed E-state index contributed by atoms with van der Waals surface area (Å²) in [4.78, 5) is 7.79. The van der Waals surface area contributed by atoms with Crippen molar-refractivity contribution in [3.8, 4) is 28.0 Å². The molecule has 0 amide bonds. The van der Waals surface area contributed by atoms with Crippen LogP contribution in [0.25, 0.3) is 33.3 Å². The Morgan fingerprint density at radius 3 is 2.82 bits per heavy atom. The number of pyridine rings is 1. The second-order valence-electron chi connectivity index (χ2n) is 5.03. The van der Waals surface area contributed by atoms with Crippen molar-refractivity contribution in [2.24, 2.45) is 0 Å². The number of aromatic nitrogens is 2. The first kappa shape index (κ1) is 13.1. The second-order valence-corrected chi connectivity index (χ2v) is 5.81. The number of benzene rings is 1. The van der Waals surface area contributed by atoms with Gasteiger partial charge in [0, 0.05) is 34.5 Å². The van der Waals surface area contributed by atoms with E-state index in [9.17, 15) is 0 Å². The monoisotopic (exact) mass is 306 g/mol. The SMILES string of the molecule is COc1ccccc1-c1c[nH]c2ncc(-c3ccsc3)cc12. The Hall–Kier alpha value is -2.59. The first-order valence-corrected chi connectivity index (χ1v) is 7.94. The van der Waals surface area contributed by atoms with E-state index >= 15 is 0 Å². The number of hydrogen-bond acceptors (Lipinski definition) is 3. The lowest BCUT2D eigenvalue weighted by molar-refractivity contribution is 0.416. The molecule has 4 aromatic rings. The van der Waals surface area contributed by atoms with Gasteiger partial charge in [-0.3, -0.25) is 0 Å². The number of hydrogen-bond donors (Lipinski definition) is 1. The van der Waals surface area contributed by atoms with E-state index < -0.39 is 0 Å². The number of methoxy groups -OCH3 is 1. The van der Waals surface area contributed by atoms with Crippen molar-refractivity contribution in [2.75, 3.05) is 7.11 Å². The van der Waals surface area contributed by atoms with Gasteiger partial charge in [0.1, 0.15) is 11.4 Å². The molecule has 0 radical (unpaired) electrons. The van der Waals surface area contributed by atoms with Gasteiger partial charge in [-0.1, -0.05) is 18.2 Å². The fourth-order valence-electron chi connectivity index (χ4n) is 2.68. The largest absolute Gasteiger partial charge is 0.496 e. The summed E-state index contributed by atoms with van der Waals surface area (Å²) < 4.78 is 5.49. The topological polar surface area (TPSA) is 37.9 Å². The number of H-pyrrole nitrogens is 1. The minimum atomic E-state index is 0.865. The third-order valence-corrected chi connectivity index (χ3v) is 4.47. The molecule has 0 aliphatic heterocycles. The highest BCUT2D eigenvalue weighted by Crippen LogP contribution is 2.36. The van der Waals surface area contributed by atoms with E-state index in [1.54, 1.807) is 18.4 Å². The molecular weight excluding hydrogens is 292 g/mol. The predicted molar refractivity (Wildman–Crippen MR) is 91.4 cm³/mol. The van der Waals surface area contributed by atoms with Crippen LogP contribution in [-0.2, 0) is 0 Å². The molecule has 0 fully saturated rings. The Morgan fingerprint density at radius 2 is 2.00 bits per heavy atom. The lowest BCUT2D eigenvalue weighted by Crippen LogP contribution is -1.87. The van der Waals surface area contributed by atoms with Crippen molar-refractivity contribution in [1.29, 1.82) is 0 Å². The van der Waals surface area contributed by atoms with Crippen LogP contribution in [0, 0.1) is 0 Å². The molecule has 3 nitrogen and oxygen atoms in total. The fourth-order valence-corrected chi connectivity index (χ4v) is 3.34. The molecule has 22 heavy (non-hydrogen) atoms. The standard InChI is InChI=1S/C18H14N2OS/c1-21-17-5-3-2-4-14(17)16-10-20-18-15(16)8-13(9-19-18)12-6-7-22-11-12/h2-11H,1H3,(H,19,20). The molecule has 1 aromatic carbocycles. The molecule has 0 atom stereocenters. The third-order valence-electron chi connectivity index (χ3n) is 3.78. The zero-order valence-corrected chi connectivity index (χ0v) is 12.9. The summed E-state index contributed by atoms with van der Waals surface area (Å²) in [6.07, 6.45) is 3.90. The van der Waals surface area contributed by atoms with Gasteiger partial charge in [0.15, 0.2) is 0 Å². The quantitative estimate of drug-likeness (QED) is 0.580. The number of rotatable bonds is 3. The molecule has 108 valence electrons. The van der Waals surface area contributed by atoms with Crippen molar-refractivity contribution in [3.05, 3.63) is 59.6 Å². The molecule has 3 heterocycles. The van der Waals surface area contributed by atoms with Gasteiger partial charge in [-0.25, -0.2) is 4.98 Å². The average molecular weight is 306 g/mol. The van der Waals surface area contributed by atoms with E-state index in [-0.39, 0.29) is 0 Å². The van der Waals surface area contributed by atoms with Crippen LogP contribution >= 0.6 is 11.3 Å². The number of nitrogens with zero attached hydrogens (tertiary/aromatic N) is 1. The number of aromatic amines is 1. The molecule has 0 saturated heterocycles. The van der Waals surface area contributed by atoms with Crippen LogP contribution in [0.1, 0.15) is 0 Å². The van der Waals surface area contributed by atoms with Crippen molar-refractivity contribution < 1.29 is 4.74 Å². The van der Waals surface area contributed by atoms with Crippen LogP contribution in [0.2, 0.25) is 0 Å². The number of para-hydroxylation sites is 1. The van der Waals surface area contributed by atoms with Crippen LogP contribution in [0.5, 0.6) is 5.75 Å². The number of thiophene rings is 1. The van der Waals surface area contributed by atoms with Gasteiger partial charge >= 0.3 is 0 Å². The van der Waals surface area contributed by atoms with Crippen molar-refractivity contribution >= 4 is 22.4 Å². The minimum absolute atomic E-state index is 0.865. The maximum atomic E-state index is 5.49. The maximum Gasteiger partial charge on any atom is 0.137 e. The summed E-state index contributed by atoms with van der Waals surface area (Å²) in [5.41, 5.74) is 5.40. The number of ether oxygens (including phenoxy) is 1. The van der Waals surface area contributed by atoms with Crippen LogP contribution in [0.3, 0.4) is 0 Å². The molecule has 0 saturated carbocycles. The highest BCUT2D eigenvalue weighted by atomic mass is 32.1. The Bertz CT molecular complexity index is 925. The van der Waals surface area contributed by atoms with Crippen LogP contribution in [0.15, 0.2) is 59.6 Å². The van der Waals surface area contributed by atoms with Gasteiger partial charge in [0.25, 0.3) is 0 Å². The molecule has 0 aliphatic rings. The summed E-state index contributed by atoms with van der Waals surface area (Å²) in [5, 5.41) is 5.32. The van der Waals surface area contributed by atoms with Crippen molar-refractivity contribution in [2.45, 2.75) is 0 Å². The van der Waals surface area contributed by atoms with Gasteiger partial charge in [0.05, 0.1) is 7.11 Å². The van der Waals surface area contributed by atoms with Crippen LogP contribution in [-0.4, -0.2) is 17.1 Å². The molecule has 3 aromatic heterocycles. The lowest BCUT2D eigenvalue weighted by atomic mass is 10.0. The Morgan fingerprint density at radius 1 is 1.09 bits per heavy atom. The lowest BCUT2D eigenvalue weighted by Gasteiger charge is -2.07. The first-order chi connectivity index (χ1) is 10.9. The van der Waals surface area contributed by atoms with E-state index in [1.165, 1.54) is 5.56 Å². The van der Waals surface area contributed by atoms with Gasteiger partial charge in [-0.15, -0.1) is 0 Å². The molecule has 4 heteroatoms. The summed E-state index contributed by atoms with van der Waals surface area (Å²) in [7, 11) is 1.70. The number of nitrogens with one attached hydrogen (secondary N) is 1. The third kappa shape index (κ3) is 2.09. The van der Waals surface area contributed by atoms with Crippen LogP contribution < -0.4 is 4.74 Å². The predicted octanol–water partition coefficient (Wildman–Crippen LogP) is 4.97. The molecule has 0 unspecified atom stereocenters. The first-order valence-electron chi connectivity index (χ1n) is 7.00. The van der Waals surface area contributed by atoms with Gasteiger partial charge in [-0.05, 0) is 34.5 Å². The van der Waals surface area contributed by atoms with Crippen molar-refractivity contribution in [3.63, 3.8) is 0 Å². The molecule has 1 N–H and O–H groups in total. The Balaban J connectivity index is 1.93. The van der Waals surface area contributed by atoms with Crippen molar-refractivity contribution in [1.82, 2.24) is 9.97 Å². The summed E-state index contributed by atoms with van der Waals surface area (Å²) in [6, 6.07) is 12.3. The van der Waals surface area contributed by atoms with Gasteiger partial charge < -0.3 is 9.72 Å². The average Bonchev–Trinajstić information content (AvgIpc) is 3.23. The second kappa shape index (κ2) is 5.31. The number of fused-ring (bicyclic) bond motifs is 1. The van der Waals surface area contributed by atoms with Crippen LogP contribution in [0.4, 0.5) is 0 Å². The minimum Gasteiger partial charge on any atom is -0.496 e. The summed E-state index contributed by atoms with van der Waals surface area (Å²) in [5.74, 6) is 0.865. The summed E-state index contributed by atoms with van der Waals surface area (Å²) in [6.45, 7) is 0. The molecule has 4 rings (SSSR count). The van der Waals surface area contributed by atoms with E-state index in [1.807, 2.05) is 30.6 Å². The smallest absolute Gasteiger partial charge is 0.137 e. The van der Waals surface area contributed by atoms with Gasteiger partial charge in [0.2, 0.25) is 0 Å². The van der Waals surface area contributed by atoms with E-state index in [0.29, 0.717) is 0 Å². The Labute approximate surface area is 132 Å². The highest BCUT2D eigenvalue weighted by molar-refractivity contribution is 7.08. The zero-order chi connectivity index (χ0) is 14.9. The molecular formula is C18H14N2OS. The normalized spacial score (nSPS) is 11.0. The molecule has 0 bridgehead atoms. The summed E-state index contributed by atoms with van der Waals surface area (Å²) >= 11 is 1.69. The van der Waals surface area contributed by atoms with E-state index in [0.717, 1.165) is 33.5 Å². The highest BCUT2D eigenvalue weighted by Gasteiger charge is 2.12. The zero-order valence-electron chi connectivity index (χ0n) is 12.0.